The Hall–Kier alpha value is -1.18. The average Bonchev–Trinajstić information content (AvgIpc) is 2.23. The summed E-state index contributed by atoms with van der Waals surface area (Å²) < 4.78 is 38.5. The zero-order chi connectivity index (χ0) is 13.9. The third-order valence-electron chi connectivity index (χ3n) is 2.12. The van der Waals surface area contributed by atoms with Gasteiger partial charge in [-0.2, -0.15) is 0 Å². The first-order valence-electron chi connectivity index (χ1n) is 4.88. The van der Waals surface area contributed by atoms with Crippen LogP contribution in [-0.2, 0) is 20.6 Å². The Bertz CT molecular complexity index is 541. The number of carbonyl (C=O) groups is 1. The van der Waals surface area contributed by atoms with Crippen molar-refractivity contribution in [2.24, 2.45) is 0 Å². The number of aliphatic carboxylic acids is 1. The Labute approximate surface area is 109 Å². The summed E-state index contributed by atoms with van der Waals surface area (Å²) in [4.78, 5) is 10.5. The third kappa shape index (κ3) is 3.94. The first-order valence-corrected chi connectivity index (χ1v) is 6.91. The average molecular weight is 296 g/mol. The van der Waals surface area contributed by atoms with Crippen LogP contribution in [0.2, 0.25) is 5.02 Å². The fourth-order valence-corrected chi connectivity index (χ4v) is 2.93. The van der Waals surface area contributed by atoms with Gasteiger partial charge in [0.15, 0.2) is 0 Å². The molecule has 0 aromatic heterocycles. The largest absolute Gasteiger partial charge is 0.480 e. The molecule has 2 N–H and O–H groups in total. The highest BCUT2D eigenvalue weighted by Crippen LogP contribution is 2.21. The fraction of sp³-hybridized carbons (Fsp3) is 0.300. The SMILES string of the molecule is C[C@H](NS(=O)(=O)Cc1c(F)cccc1Cl)C(=O)O. The Morgan fingerprint density at radius 2 is 2.17 bits per heavy atom. The Morgan fingerprint density at radius 3 is 2.67 bits per heavy atom. The molecule has 0 aliphatic rings. The van der Waals surface area contributed by atoms with Crippen molar-refractivity contribution in [1.29, 1.82) is 0 Å². The lowest BCUT2D eigenvalue weighted by Crippen LogP contribution is -2.39. The van der Waals surface area contributed by atoms with E-state index in [1.165, 1.54) is 19.1 Å². The molecule has 0 aliphatic carbocycles. The molecule has 0 amide bonds. The minimum atomic E-state index is -3.98. The van der Waals surface area contributed by atoms with Crippen molar-refractivity contribution < 1.29 is 22.7 Å². The number of hydrogen-bond donors (Lipinski definition) is 2. The lowest BCUT2D eigenvalue weighted by molar-refractivity contribution is -0.138. The zero-order valence-corrected chi connectivity index (χ0v) is 10.9. The number of hydrogen-bond acceptors (Lipinski definition) is 3. The van der Waals surface area contributed by atoms with E-state index in [0.29, 0.717) is 0 Å². The van der Waals surface area contributed by atoms with Crippen molar-refractivity contribution in [2.45, 2.75) is 18.7 Å². The molecular formula is C10H11ClFNO4S. The lowest BCUT2D eigenvalue weighted by atomic mass is 10.2. The van der Waals surface area contributed by atoms with E-state index >= 15 is 0 Å². The van der Waals surface area contributed by atoms with E-state index in [2.05, 4.69) is 0 Å². The van der Waals surface area contributed by atoms with Gasteiger partial charge in [0.05, 0.1) is 5.75 Å². The maximum atomic E-state index is 13.4. The monoisotopic (exact) mass is 295 g/mol. The molecule has 0 heterocycles. The van der Waals surface area contributed by atoms with Crippen LogP contribution in [0.1, 0.15) is 12.5 Å². The number of sulfonamides is 1. The van der Waals surface area contributed by atoms with E-state index in [-0.39, 0.29) is 10.6 Å². The van der Waals surface area contributed by atoms with E-state index in [4.69, 9.17) is 16.7 Å². The van der Waals surface area contributed by atoms with Gasteiger partial charge in [0, 0.05) is 10.6 Å². The Kier molecular flexibility index (Phi) is 4.66. The van der Waals surface area contributed by atoms with Gasteiger partial charge in [-0.15, -0.1) is 0 Å². The van der Waals surface area contributed by atoms with Crippen LogP contribution in [0.5, 0.6) is 0 Å². The van der Waals surface area contributed by atoms with Crippen molar-refractivity contribution >= 4 is 27.6 Å². The van der Waals surface area contributed by atoms with Gasteiger partial charge in [-0.1, -0.05) is 17.7 Å². The Morgan fingerprint density at radius 1 is 1.56 bits per heavy atom. The van der Waals surface area contributed by atoms with Crippen LogP contribution in [-0.4, -0.2) is 25.5 Å². The second kappa shape index (κ2) is 5.64. The molecular weight excluding hydrogens is 285 g/mol. The zero-order valence-electron chi connectivity index (χ0n) is 9.35. The molecule has 0 fully saturated rings. The first kappa shape index (κ1) is 14.9. The van der Waals surface area contributed by atoms with Crippen molar-refractivity contribution in [3.8, 4) is 0 Å². The fourth-order valence-electron chi connectivity index (χ4n) is 1.22. The molecule has 8 heteroatoms. The quantitative estimate of drug-likeness (QED) is 0.859. The highest BCUT2D eigenvalue weighted by molar-refractivity contribution is 7.88. The summed E-state index contributed by atoms with van der Waals surface area (Å²) in [6.07, 6.45) is 0. The molecule has 1 aromatic rings. The molecule has 5 nitrogen and oxygen atoms in total. The van der Waals surface area contributed by atoms with Crippen LogP contribution in [0.25, 0.3) is 0 Å². The molecule has 1 rings (SSSR count). The summed E-state index contributed by atoms with van der Waals surface area (Å²) in [5, 5.41) is 8.57. The highest BCUT2D eigenvalue weighted by atomic mass is 35.5. The van der Waals surface area contributed by atoms with Crippen molar-refractivity contribution in [3.63, 3.8) is 0 Å². The number of halogens is 2. The summed E-state index contributed by atoms with van der Waals surface area (Å²) in [6, 6.07) is 2.50. The highest BCUT2D eigenvalue weighted by Gasteiger charge is 2.22. The lowest BCUT2D eigenvalue weighted by Gasteiger charge is -2.11. The number of carboxylic acid groups (broad SMARTS) is 1. The van der Waals surface area contributed by atoms with E-state index in [1.807, 2.05) is 4.72 Å². The maximum Gasteiger partial charge on any atom is 0.321 e. The first-order chi connectivity index (χ1) is 8.23. The predicted molar refractivity (Wildman–Crippen MR) is 64.3 cm³/mol. The maximum absolute atomic E-state index is 13.4. The van der Waals surface area contributed by atoms with Crippen LogP contribution >= 0.6 is 11.6 Å². The predicted octanol–water partition coefficient (Wildman–Crippen LogP) is 1.37. The van der Waals surface area contributed by atoms with Gasteiger partial charge in [0.25, 0.3) is 0 Å². The van der Waals surface area contributed by atoms with Crippen LogP contribution < -0.4 is 4.72 Å². The van der Waals surface area contributed by atoms with Gasteiger partial charge in [-0.25, -0.2) is 17.5 Å². The molecule has 0 aliphatic heterocycles. The normalized spacial score (nSPS) is 13.3. The third-order valence-corrected chi connectivity index (χ3v) is 3.86. The number of nitrogens with one attached hydrogen (secondary N) is 1. The van der Waals surface area contributed by atoms with Crippen LogP contribution in [0.4, 0.5) is 4.39 Å². The van der Waals surface area contributed by atoms with Gasteiger partial charge >= 0.3 is 5.97 Å². The topological polar surface area (TPSA) is 83.5 Å². The van der Waals surface area contributed by atoms with E-state index in [0.717, 1.165) is 6.07 Å². The molecule has 100 valence electrons. The second-order valence-electron chi connectivity index (χ2n) is 3.64. The van der Waals surface area contributed by atoms with Crippen LogP contribution in [0.3, 0.4) is 0 Å². The van der Waals surface area contributed by atoms with E-state index in [1.54, 1.807) is 0 Å². The van der Waals surface area contributed by atoms with Crippen LogP contribution in [0.15, 0.2) is 18.2 Å². The number of carboxylic acids is 1. The van der Waals surface area contributed by atoms with Crippen molar-refractivity contribution in [2.75, 3.05) is 0 Å². The minimum Gasteiger partial charge on any atom is -0.480 e. The molecule has 0 saturated heterocycles. The van der Waals surface area contributed by atoms with Crippen LogP contribution in [0, 0.1) is 5.82 Å². The molecule has 0 bridgehead atoms. The minimum absolute atomic E-state index is 0.0247. The number of benzene rings is 1. The standard InChI is InChI=1S/C10H11ClFNO4S/c1-6(10(14)15)13-18(16,17)5-7-8(11)3-2-4-9(7)12/h2-4,6,13H,5H2,1H3,(H,14,15)/t6-/m0/s1. The van der Waals surface area contributed by atoms with Gasteiger partial charge < -0.3 is 5.11 Å². The van der Waals surface area contributed by atoms with Gasteiger partial charge in [0.2, 0.25) is 10.0 Å². The van der Waals surface area contributed by atoms with Gasteiger partial charge in [-0.05, 0) is 19.1 Å². The second-order valence-corrected chi connectivity index (χ2v) is 5.80. The Balaban J connectivity index is 2.93. The van der Waals surface area contributed by atoms with Crippen molar-refractivity contribution in [3.05, 3.63) is 34.6 Å². The van der Waals surface area contributed by atoms with E-state index < -0.39 is 33.6 Å². The van der Waals surface area contributed by atoms with Gasteiger partial charge in [0.1, 0.15) is 11.9 Å². The van der Waals surface area contributed by atoms with E-state index in [9.17, 15) is 17.6 Å². The molecule has 18 heavy (non-hydrogen) atoms. The van der Waals surface area contributed by atoms with Crippen molar-refractivity contribution in [1.82, 2.24) is 4.72 Å². The molecule has 1 aromatic carbocycles. The summed E-state index contributed by atoms with van der Waals surface area (Å²) in [6.45, 7) is 1.17. The summed E-state index contributed by atoms with van der Waals surface area (Å²) >= 11 is 5.69. The van der Waals surface area contributed by atoms with Gasteiger partial charge in [-0.3, -0.25) is 4.79 Å². The summed E-state index contributed by atoms with van der Waals surface area (Å²) in [5.41, 5.74) is -0.191. The molecule has 0 spiro atoms. The molecule has 0 saturated carbocycles. The smallest absolute Gasteiger partial charge is 0.321 e. The molecule has 0 radical (unpaired) electrons. The molecule has 1 atom stereocenters. The number of rotatable bonds is 5. The molecule has 0 unspecified atom stereocenters. The summed E-state index contributed by atoms with van der Waals surface area (Å²) in [5.74, 6) is -2.79. The summed E-state index contributed by atoms with van der Waals surface area (Å²) in [7, 11) is -3.98.